The van der Waals surface area contributed by atoms with Crippen LogP contribution < -0.4 is 11.1 Å². The number of nitrogens with two attached hydrogens (primary N) is 1. The van der Waals surface area contributed by atoms with E-state index < -0.39 is 5.54 Å². The number of nitrogens with zero attached hydrogens (tertiary/aromatic N) is 2. The van der Waals surface area contributed by atoms with Gasteiger partial charge < -0.3 is 11.1 Å². The van der Waals surface area contributed by atoms with Gasteiger partial charge in [-0.1, -0.05) is 0 Å². The third-order valence-electron chi connectivity index (χ3n) is 4.37. The topological polar surface area (TPSA) is 72.9 Å². The van der Waals surface area contributed by atoms with Crippen LogP contribution in [-0.4, -0.2) is 27.3 Å². The van der Waals surface area contributed by atoms with Crippen LogP contribution in [0.2, 0.25) is 0 Å². The average molecular weight is 262 g/mol. The van der Waals surface area contributed by atoms with Gasteiger partial charge in [0.15, 0.2) is 0 Å². The summed E-state index contributed by atoms with van der Waals surface area (Å²) < 4.78 is 2.00. The number of carbonyl (C=O) groups excluding carboxylic acids is 1. The van der Waals surface area contributed by atoms with Gasteiger partial charge in [0.05, 0.1) is 17.3 Å². The summed E-state index contributed by atoms with van der Waals surface area (Å²) in [6.45, 7) is 1.99. The van der Waals surface area contributed by atoms with Crippen molar-refractivity contribution in [2.75, 3.05) is 0 Å². The number of carbonyl (C=O) groups is 1. The number of rotatable bonds is 4. The van der Waals surface area contributed by atoms with Gasteiger partial charge >= 0.3 is 0 Å². The number of nitrogens with one attached hydrogen (secondary N) is 1. The van der Waals surface area contributed by atoms with Crippen LogP contribution in [-0.2, 0) is 4.79 Å². The molecular weight excluding hydrogens is 240 g/mol. The Morgan fingerprint density at radius 3 is 2.89 bits per heavy atom. The molecule has 0 radical (unpaired) electrons. The van der Waals surface area contributed by atoms with Crippen molar-refractivity contribution in [1.29, 1.82) is 0 Å². The van der Waals surface area contributed by atoms with Gasteiger partial charge in [0, 0.05) is 12.2 Å². The van der Waals surface area contributed by atoms with E-state index in [1.165, 1.54) is 12.8 Å². The minimum absolute atomic E-state index is 0.201. The van der Waals surface area contributed by atoms with Crippen LogP contribution in [0.15, 0.2) is 12.3 Å². The van der Waals surface area contributed by atoms with Gasteiger partial charge in [-0.25, -0.2) is 0 Å². The van der Waals surface area contributed by atoms with Crippen LogP contribution in [0.1, 0.15) is 50.3 Å². The quantitative estimate of drug-likeness (QED) is 0.858. The molecule has 2 aliphatic carbocycles. The van der Waals surface area contributed by atoms with Crippen molar-refractivity contribution in [1.82, 2.24) is 15.1 Å². The lowest BCUT2D eigenvalue weighted by Crippen LogP contribution is -2.58. The molecule has 0 aromatic carbocycles. The Kier molecular flexibility index (Phi) is 3.09. The van der Waals surface area contributed by atoms with Crippen molar-refractivity contribution < 1.29 is 4.79 Å². The number of hydrogen-bond donors (Lipinski definition) is 2. The lowest BCUT2D eigenvalue weighted by Gasteiger charge is -2.39. The highest BCUT2D eigenvalue weighted by molar-refractivity contribution is 5.85. The van der Waals surface area contributed by atoms with Crippen LogP contribution in [0.5, 0.6) is 0 Å². The van der Waals surface area contributed by atoms with Gasteiger partial charge in [-0.15, -0.1) is 0 Å². The molecule has 2 aliphatic rings. The highest BCUT2D eigenvalue weighted by atomic mass is 16.1. The second-order valence-corrected chi connectivity index (χ2v) is 6.05. The highest BCUT2D eigenvalue weighted by Gasteiger charge is 2.45. The number of aromatic nitrogens is 2. The summed E-state index contributed by atoms with van der Waals surface area (Å²) in [7, 11) is 0. The highest BCUT2D eigenvalue weighted by Crippen LogP contribution is 2.37. The summed E-state index contributed by atoms with van der Waals surface area (Å²) in [5, 5.41) is 7.99. The fourth-order valence-corrected chi connectivity index (χ4v) is 3.15. The van der Waals surface area contributed by atoms with E-state index in [-0.39, 0.29) is 11.9 Å². The maximum Gasteiger partial charge on any atom is 0.237 e. The molecule has 3 rings (SSSR count). The molecule has 0 aliphatic heterocycles. The lowest BCUT2D eigenvalue weighted by atomic mass is 9.78. The largest absolute Gasteiger partial charge is 0.368 e. The van der Waals surface area contributed by atoms with Gasteiger partial charge in [-0.05, 0) is 51.5 Å². The molecule has 1 aromatic rings. The third kappa shape index (κ3) is 2.52. The molecule has 5 nitrogen and oxygen atoms in total. The first-order chi connectivity index (χ1) is 9.09. The van der Waals surface area contributed by atoms with E-state index in [9.17, 15) is 4.79 Å². The number of primary amides is 1. The van der Waals surface area contributed by atoms with E-state index >= 15 is 0 Å². The Balaban J connectivity index is 1.79. The molecule has 0 spiro atoms. The number of aryl methyl sites for hydroxylation is 1. The molecule has 2 saturated carbocycles. The normalized spacial score (nSPS) is 31.3. The number of amides is 1. The van der Waals surface area contributed by atoms with E-state index in [1.54, 1.807) is 0 Å². The van der Waals surface area contributed by atoms with Crippen molar-refractivity contribution in [2.24, 2.45) is 5.73 Å². The van der Waals surface area contributed by atoms with E-state index in [4.69, 9.17) is 5.73 Å². The molecule has 3 N–H and O–H groups in total. The van der Waals surface area contributed by atoms with Crippen molar-refractivity contribution in [3.05, 3.63) is 18.0 Å². The summed E-state index contributed by atoms with van der Waals surface area (Å²) in [6.07, 6.45) is 8.06. The van der Waals surface area contributed by atoms with Crippen LogP contribution >= 0.6 is 0 Å². The van der Waals surface area contributed by atoms with Gasteiger partial charge in [0.1, 0.15) is 0 Å². The monoisotopic (exact) mass is 262 g/mol. The van der Waals surface area contributed by atoms with Crippen molar-refractivity contribution in [3.8, 4) is 0 Å². The summed E-state index contributed by atoms with van der Waals surface area (Å²) in [5.41, 5.74) is 6.19. The Morgan fingerprint density at radius 2 is 2.32 bits per heavy atom. The molecule has 2 fully saturated rings. The Bertz CT molecular complexity index is 480. The van der Waals surface area contributed by atoms with Crippen molar-refractivity contribution in [3.63, 3.8) is 0 Å². The standard InChI is InChI=1S/C14H22N4O/c1-10-6-8-18(17-10)12-3-2-7-14(9-12,13(15)19)16-11-4-5-11/h6,8,11-12,16H,2-5,7,9H2,1H3,(H2,15,19). The minimum Gasteiger partial charge on any atom is -0.368 e. The van der Waals surface area contributed by atoms with Crippen LogP contribution in [0, 0.1) is 6.92 Å². The summed E-state index contributed by atoms with van der Waals surface area (Å²) in [6, 6.07) is 2.78. The number of hydrogen-bond acceptors (Lipinski definition) is 3. The first-order valence-electron chi connectivity index (χ1n) is 7.18. The predicted octanol–water partition coefficient (Wildman–Crippen LogP) is 1.28. The molecule has 0 bridgehead atoms. The van der Waals surface area contributed by atoms with Gasteiger partial charge in [-0.3, -0.25) is 9.48 Å². The summed E-state index contributed by atoms with van der Waals surface area (Å²) in [4.78, 5) is 12.0. The zero-order valence-electron chi connectivity index (χ0n) is 11.4. The minimum atomic E-state index is -0.524. The van der Waals surface area contributed by atoms with E-state index in [0.29, 0.717) is 6.04 Å². The second-order valence-electron chi connectivity index (χ2n) is 6.05. The van der Waals surface area contributed by atoms with E-state index in [0.717, 1.165) is 31.4 Å². The molecule has 1 aromatic heterocycles. The van der Waals surface area contributed by atoms with Gasteiger partial charge in [0.2, 0.25) is 5.91 Å². The van der Waals surface area contributed by atoms with Crippen LogP contribution in [0.3, 0.4) is 0 Å². The summed E-state index contributed by atoms with van der Waals surface area (Å²) >= 11 is 0. The molecule has 104 valence electrons. The fraction of sp³-hybridized carbons (Fsp3) is 0.714. The maximum absolute atomic E-state index is 12.0. The van der Waals surface area contributed by atoms with E-state index in [1.807, 2.05) is 23.9 Å². The first kappa shape index (κ1) is 12.7. The molecule has 19 heavy (non-hydrogen) atoms. The average Bonchev–Trinajstić information content (AvgIpc) is 3.08. The first-order valence-corrected chi connectivity index (χ1v) is 7.18. The molecule has 0 saturated heterocycles. The van der Waals surface area contributed by atoms with Gasteiger partial charge in [0.25, 0.3) is 0 Å². The lowest BCUT2D eigenvalue weighted by molar-refractivity contribution is -0.126. The van der Waals surface area contributed by atoms with Gasteiger partial charge in [-0.2, -0.15) is 5.10 Å². The SMILES string of the molecule is Cc1ccn(C2CCCC(NC3CC3)(C(N)=O)C2)n1. The molecule has 1 heterocycles. The third-order valence-corrected chi connectivity index (χ3v) is 4.37. The molecule has 5 heteroatoms. The van der Waals surface area contributed by atoms with Crippen molar-refractivity contribution in [2.45, 2.75) is 63.1 Å². The zero-order chi connectivity index (χ0) is 13.5. The van der Waals surface area contributed by atoms with Crippen molar-refractivity contribution >= 4 is 5.91 Å². The van der Waals surface area contributed by atoms with Crippen LogP contribution in [0.25, 0.3) is 0 Å². The Hall–Kier alpha value is -1.36. The summed E-state index contributed by atoms with van der Waals surface area (Å²) in [5.74, 6) is -0.201. The maximum atomic E-state index is 12.0. The smallest absolute Gasteiger partial charge is 0.237 e. The molecular formula is C14H22N4O. The zero-order valence-corrected chi connectivity index (χ0v) is 11.4. The molecule has 1 amide bonds. The molecule has 2 atom stereocenters. The van der Waals surface area contributed by atoms with Crippen LogP contribution in [0.4, 0.5) is 0 Å². The predicted molar refractivity (Wildman–Crippen MR) is 72.6 cm³/mol. The Labute approximate surface area is 113 Å². The Morgan fingerprint density at radius 1 is 1.53 bits per heavy atom. The molecule has 2 unspecified atom stereocenters. The second kappa shape index (κ2) is 4.63. The fourth-order valence-electron chi connectivity index (χ4n) is 3.15. The van der Waals surface area contributed by atoms with E-state index in [2.05, 4.69) is 10.4 Å².